The molecule has 1 aromatic rings. The fraction of sp³-hybridized carbons (Fsp3) is 0.647. The van der Waals surface area contributed by atoms with Crippen LogP contribution in [0.1, 0.15) is 37.3 Å². The molecule has 1 unspecified atom stereocenters. The van der Waals surface area contributed by atoms with Gasteiger partial charge in [-0.3, -0.25) is 0 Å². The van der Waals surface area contributed by atoms with Crippen molar-refractivity contribution >= 4 is 0 Å². The van der Waals surface area contributed by atoms with Crippen LogP contribution in [0.15, 0.2) is 24.3 Å². The molecule has 0 saturated carbocycles. The Hall–Kier alpha value is -0.900. The van der Waals surface area contributed by atoms with E-state index >= 15 is 0 Å². The number of hydrogen-bond donors (Lipinski definition) is 1. The van der Waals surface area contributed by atoms with Crippen LogP contribution in [0, 0.1) is 0 Å². The van der Waals surface area contributed by atoms with Gasteiger partial charge in [0.25, 0.3) is 0 Å². The second-order valence-electron chi connectivity index (χ2n) is 5.69. The summed E-state index contributed by atoms with van der Waals surface area (Å²) in [4.78, 5) is 2.44. The Morgan fingerprint density at radius 3 is 2.80 bits per heavy atom. The highest BCUT2D eigenvalue weighted by Crippen LogP contribution is 2.16. The summed E-state index contributed by atoms with van der Waals surface area (Å²) in [6.45, 7) is 6.86. The van der Waals surface area contributed by atoms with Crippen LogP contribution in [0.3, 0.4) is 0 Å². The number of nitrogens with one attached hydrogen (secondary N) is 1. The number of nitrogens with zero attached hydrogens (tertiary/aromatic N) is 1. The average molecular weight is 276 g/mol. The summed E-state index contributed by atoms with van der Waals surface area (Å²) in [5.41, 5.74) is 2.67. The van der Waals surface area contributed by atoms with Crippen molar-refractivity contribution < 1.29 is 4.74 Å². The fourth-order valence-corrected chi connectivity index (χ4v) is 2.79. The molecule has 0 amide bonds. The van der Waals surface area contributed by atoms with Crippen LogP contribution in [0.2, 0.25) is 0 Å². The number of piperidine rings is 1. The van der Waals surface area contributed by atoms with Gasteiger partial charge in [0.05, 0.1) is 13.2 Å². The van der Waals surface area contributed by atoms with Gasteiger partial charge < -0.3 is 15.0 Å². The van der Waals surface area contributed by atoms with Crippen molar-refractivity contribution in [2.75, 3.05) is 26.7 Å². The Morgan fingerprint density at radius 2 is 2.05 bits per heavy atom. The molecule has 0 aliphatic carbocycles. The minimum atomic E-state index is 0.602. The first-order valence-corrected chi connectivity index (χ1v) is 7.86. The molecule has 3 heteroatoms. The van der Waals surface area contributed by atoms with Crippen molar-refractivity contribution in [3.05, 3.63) is 35.4 Å². The molecule has 1 saturated heterocycles. The first-order chi connectivity index (χ1) is 9.81. The lowest BCUT2D eigenvalue weighted by atomic mass is 10.0. The molecule has 0 bridgehead atoms. The Balaban J connectivity index is 1.81. The maximum Gasteiger partial charge on any atom is 0.0720 e. The third-order valence-corrected chi connectivity index (χ3v) is 4.17. The van der Waals surface area contributed by atoms with Crippen LogP contribution in [0.4, 0.5) is 0 Å². The van der Waals surface area contributed by atoms with E-state index in [9.17, 15) is 0 Å². The maximum atomic E-state index is 5.98. The standard InChI is InChI=1S/C17H28N2O/c1-3-18-12-15-8-4-5-9-16(15)13-20-14-17-10-6-7-11-19(17)2/h4-5,8-9,17-18H,3,6-7,10-14H2,1-2H3. The van der Waals surface area contributed by atoms with Crippen molar-refractivity contribution in [1.29, 1.82) is 0 Å². The zero-order valence-electron chi connectivity index (χ0n) is 12.9. The Morgan fingerprint density at radius 1 is 1.25 bits per heavy atom. The van der Waals surface area contributed by atoms with Crippen LogP contribution in [-0.4, -0.2) is 37.7 Å². The smallest absolute Gasteiger partial charge is 0.0720 e. The largest absolute Gasteiger partial charge is 0.375 e. The Bertz CT molecular complexity index is 394. The van der Waals surface area contributed by atoms with Gasteiger partial charge in [0.15, 0.2) is 0 Å². The Labute approximate surface area is 123 Å². The lowest BCUT2D eigenvalue weighted by molar-refractivity contribution is 0.0441. The van der Waals surface area contributed by atoms with Crippen molar-refractivity contribution in [3.63, 3.8) is 0 Å². The first kappa shape index (κ1) is 15.5. The van der Waals surface area contributed by atoms with Gasteiger partial charge in [-0.25, -0.2) is 0 Å². The van der Waals surface area contributed by atoms with E-state index in [2.05, 4.69) is 48.5 Å². The summed E-state index contributed by atoms with van der Waals surface area (Å²) in [5.74, 6) is 0. The summed E-state index contributed by atoms with van der Waals surface area (Å²) in [6.07, 6.45) is 3.95. The monoisotopic (exact) mass is 276 g/mol. The molecular weight excluding hydrogens is 248 g/mol. The molecular formula is C17H28N2O. The van der Waals surface area contributed by atoms with E-state index in [1.54, 1.807) is 0 Å². The average Bonchev–Trinajstić information content (AvgIpc) is 2.48. The van der Waals surface area contributed by atoms with Crippen LogP contribution >= 0.6 is 0 Å². The third-order valence-electron chi connectivity index (χ3n) is 4.17. The van der Waals surface area contributed by atoms with E-state index in [0.717, 1.165) is 26.3 Å². The summed E-state index contributed by atoms with van der Waals surface area (Å²) in [7, 11) is 2.21. The number of benzene rings is 1. The van der Waals surface area contributed by atoms with Crippen LogP contribution in [-0.2, 0) is 17.9 Å². The number of likely N-dealkylation sites (tertiary alicyclic amines) is 1. The second-order valence-corrected chi connectivity index (χ2v) is 5.69. The number of ether oxygens (including phenoxy) is 1. The zero-order valence-corrected chi connectivity index (χ0v) is 12.9. The number of hydrogen-bond acceptors (Lipinski definition) is 3. The van der Waals surface area contributed by atoms with Gasteiger partial charge in [0.1, 0.15) is 0 Å². The molecule has 0 radical (unpaired) electrons. The predicted molar refractivity (Wildman–Crippen MR) is 83.7 cm³/mol. The van der Waals surface area contributed by atoms with Gasteiger partial charge in [-0.15, -0.1) is 0 Å². The van der Waals surface area contributed by atoms with E-state index in [0.29, 0.717) is 6.04 Å². The number of rotatable bonds is 7. The van der Waals surface area contributed by atoms with Crippen LogP contribution < -0.4 is 5.32 Å². The zero-order chi connectivity index (χ0) is 14.2. The third kappa shape index (κ3) is 4.58. The van der Waals surface area contributed by atoms with Crippen molar-refractivity contribution in [3.8, 4) is 0 Å². The highest BCUT2D eigenvalue weighted by Gasteiger charge is 2.18. The summed E-state index contributed by atoms with van der Waals surface area (Å²) in [6, 6.07) is 9.17. The SMILES string of the molecule is CCNCc1ccccc1COCC1CCCCN1C. The predicted octanol–water partition coefficient (Wildman–Crippen LogP) is 2.80. The summed E-state index contributed by atoms with van der Waals surface area (Å²) < 4.78 is 5.98. The van der Waals surface area contributed by atoms with E-state index in [-0.39, 0.29) is 0 Å². The first-order valence-electron chi connectivity index (χ1n) is 7.86. The number of likely N-dealkylation sites (N-methyl/N-ethyl adjacent to an activating group) is 1. The molecule has 0 aromatic heterocycles. The van der Waals surface area contributed by atoms with Gasteiger partial charge in [-0.2, -0.15) is 0 Å². The lowest BCUT2D eigenvalue weighted by Crippen LogP contribution is -2.39. The minimum Gasteiger partial charge on any atom is -0.375 e. The molecule has 1 fully saturated rings. The van der Waals surface area contributed by atoms with Gasteiger partial charge in [0.2, 0.25) is 0 Å². The van der Waals surface area contributed by atoms with E-state index in [1.165, 1.54) is 36.9 Å². The summed E-state index contributed by atoms with van der Waals surface area (Å²) >= 11 is 0. The molecule has 0 spiro atoms. The molecule has 1 heterocycles. The Kier molecular flexibility index (Phi) is 6.51. The maximum absolute atomic E-state index is 5.98. The normalized spacial score (nSPS) is 20.2. The molecule has 112 valence electrons. The van der Waals surface area contributed by atoms with Gasteiger partial charge in [-0.05, 0) is 44.1 Å². The van der Waals surface area contributed by atoms with Gasteiger partial charge in [0, 0.05) is 12.6 Å². The molecule has 1 N–H and O–H groups in total. The molecule has 20 heavy (non-hydrogen) atoms. The molecule has 2 rings (SSSR count). The molecule has 1 aliphatic heterocycles. The van der Waals surface area contributed by atoms with Crippen LogP contribution in [0.5, 0.6) is 0 Å². The van der Waals surface area contributed by atoms with Crippen molar-refractivity contribution in [2.24, 2.45) is 0 Å². The molecule has 1 aromatic carbocycles. The highest BCUT2D eigenvalue weighted by molar-refractivity contribution is 5.26. The van der Waals surface area contributed by atoms with Gasteiger partial charge in [-0.1, -0.05) is 37.6 Å². The minimum absolute atomic E-state index is 0.602. The van der Waals surface area contributed by atoms with Crippen molar-refractivity contribution in [2.45, 2.75) is 45.4 Å². The van der Waals surface area contributed by atoms with E-state index in [1.807, 2.05) is 0 Å². The molecule has 1 atom stereocenters. The van der Waals surface area contributed by atoms with E-state index in [4.69, 9.17) is 4.74 Å². The molecule has 3 nitrogen and oxygen atoms in total. The van der Waals surface area contributed by atoms with Crippen molar-refractivity contribution in [1.82, 2.24) is 10.2 Å². The topological polar surface area (TPSA) is 24.5 Å². The van der Waals surface area contributed by atoms with E-state index < -0.39 is 0 Å². The van der Waals surface area contributed by atoms with Crippen LogP contribution in [0.25, 0.3) is 0 Å². The lowest BCUT2D eigenvalue weighted by Gasteiger charge is -2.32. The highest BCUT2D eigenvalue weighted by atomic mass is 16.5. The quantitative estimate of drug-likeness (QED) is 0.829. The second kappa shape index (κ2) is 8.40. The fourth-order valence-electron chi connectivity index (χ4n) is 2.79. The van der Waals surface area contributed by atoms with Gasteiger partial charge >= 0.3 is 0 Å². The molecule has 1 aliphatic rings. The summed E-state index contributed by atoms with van der Waals surface area (Å²) in [5, 5.41) is 3.39.